The Morgan fingerprint density at radius 1 is 1.47 bits per heavy atom. The van der Waals surface area contributed by atoms with Crippen molar-refractivity contribution in [3.05, 3.63) is 48.6 Å². The summed E-state index contributed by atoms with van der Waals surface area (Å²) >= 11 is 0. The van der Waals surface area contributed by atoms with E-state index in [0.717, 1.165) is 5.56 Å². The van der Waals surface area contributed by atoms with E-state index in [4.69, 9.17) is 15.2 Å². The van der Waals surface area contributed by atoms with E-state index in [1.807, 2.05) is 18.2 Å². The van der Waals surface area contributed by atoms with Gasteiger partial charge in [0.2, 0.25) is 6.29 Å². The molecule has 0 saturated heterocycles. The molecule has 1 rings (SSSR count). The molecule has 0 fully saturated rings. The summed E-state index contributed by atoms with van der Waals surface area (Å²) in [6, 6.07) is 9.08. The molecule has 1 amide bonds. The van der Waals surface area contributed by atoms with Gasteiger partial charge in [-0.05, 0) is 0 Å². The molecule has 4 heteroatoms. The van der Waals surface area contributed by atoms with Gasteiger partial charge in [-0.25, -0.2) is 4.79 Å². The molecule has 0 saturated carbocycles. The zero-order valence-electron chi connectivity index (χ0n) is 8.26. The SMILES string of the molecule is C=CCOC(OC(N)=O)c1ccccc1. The molecule has 2 N–H and O–H groups in total. The number of nitrogens with two attached hydrogens (primary N) is 1. The van der Waals surface area contributed by atoms with E-state index in [1.165, 1.54) is 0 Å². The first-order chi connectivity index (χ1) is 7.24. The predicted octanol–water partition coefficient (Wildman–Crippen LogP) is 1.98. The normalized spacial score (nSPS) is 11.7. The first-order valence-corrected chi connectivity index (χ1v) is 4.47. The molecule has 0 heterocycles. The first kappa shape index (κ1) is 11.3. The third kappa shape index (κ3) is 3.83. The monoisotopic (exact) mass is 207 g/mol. The van der Waals surface area contributed by atoms with Crippen LogP contribution >= 0.6 is 0 Å². The second-order valence-electron chi connectivity index (χ2n) is 2.80. The zero-order valence-corrected chi connectivity index (χ0v) is 8.26. The molecule has 0 radical (unpaired) electrons. The minimum absolute atomic E-state index is 0.285. The lowest BCUT2D eigenvalue weighted by Gasteiger charge is -2.16. The topological polar surface area (TPSA) is 61.6 Å². The molecule has 15 heavy (non-hydrogen) atoms. The van der Waals surface area contributed by atoms with Gasteiger partial charge in [0.1, 0.15) is 0 Å². The van der Waals surface area contributed by atoms with Gasteiger partial charge in [0.25, 0.3) is 0 Å². The summed E-state index contributed by atoms with van der Waals surface area (Å²) < 4.78 is 10.1. The molecule has 0 aliphatic rings. The molecular formula is C11H13NO3. The second-order valence-corrected chi connectivity index (χ2v) is 2.80. The highest BCUT2D eigenvalue weighted by Crippen LogP contribution is 2.18. The van der Waals surface area contributed by atoms with Crippen molar-refractivity contribution in [2.75, 3.05) is 6.61 Å². The van der Waals surface area contributed by atoms with Crippen molar-refractivity contribution in [3.63, 3.8) is 0 Å². The van der Waals surface area contributed by atoms with Gasteiger partial charge in [0, 0.05) is 5.56 Å². The number of benzene rings is 1. The highest BCUT2D eigenvalue weighted by atomic mass is 16.7. The van der Waals surface area contributed by atoms with Crippen LogP contribution in [0, 0.1) is 0 Å². The van der Waals surface area contributed by atoms with Crippen molar-refractivity contribution in [2.45, 2.75) is 6.29 Å². The number of amides is 1. The van der Waals surface area contributed by atoms with Crippen LogP contribution in [0.2, 0.25) is 0 Å². The van der Waals surface area contributed by atoms with Gasteiger partial charge in [-0.1, -0.05) is 36.4 Å². The lowest BCUT2D eigenvalue weighted by molar-refractivity contribution is -0.0955. The molecule has 0 bridgehead atoms. The third-order valence-electron chi connectivity index (χ3n) is 1.66. The lowest BCUT2D eigenvalue weighted by atomic mass is 10.2. The Morgan fingerprint density at radius 3 is 2.67 bits per heavy atom. The molecule has 0 aliphatic heterocycles. The van der Waals surface area contributed by atoms with E-state index >= 15 is 0 Å². The van der Waals surface area contributed by atoms with Crippen molar-refractivity contribution in [1.29, 1.82) is 0 Å². The highest BCUT2D eigenvalue weighted by molar-refractivity contribution is 5.64. The maximum absolute atomic E-state index is 10.6. The van der Waals surface area contributed by atoms with Crippen molar-refractivity contribution >= 4 is 6.09 Å². The molecule has 4 nitrogen and oxygen atoms in total. The van der Waals surface area contributed by atoms with Crippen LogP contribution in [0.15, 0.2) is 43.0 Å². The number of hydrogen-bond acceptors (Lipinski definition) is 3. The quantitative estimate of drug-likeness (QED) is 0.593. The maximum Gasteiger partial charge on any atom is 0.407 e. The first-order valence-electron chi connectivity index (χ1n) is 4.47. The maximum atomic E-state index is 10.6. The number of carbonyl (C=O) groups is 1. The summed E-state index contributed by atoms with van der Waals surface area (Å²) in [6.07, 6.45) is -0.0741. The molecule has 1 aromatic rings. The van der Waals surface area contributed by atoms with E-state index < -0.39 is 12.4 Å². The van der Waals surface area contributed by atoms with Crippen LogP contribution in [-0.4, -0.2) is 12.7 Å². The number of primary amides is 1. The van der Waals surface area contributed by atoms with E-state index in [2.05, 4.69) is 6.58 Å². The summed E-state index contributed by atoms with van der Waals surface area (Å²) in [5.74, 6) is 0. The van der Waals surface area contributed by atoms with Gasteiger partial charge < -0.3 is 15.2 Å². The molecule has 80 valence electrons. The fraction of sp³-hybridized carbons (Fsp3) is 0.182. The largest absolute Gasteiger partial charge is 0.415 e. The molecule has 0 aliphatic carbocycles. The fourth-order valence-corrected chi connectivity index (χ4v) is 1.07. The van der Waals surface area contributed by atoms with Crippen molar-refractivity contribution in [1.82, 2.24) is 0 Å². The van der Waals surface area contributed by atoms with Gasteiger partial charge in [-0.2, -0.15) is 0 Å². The Bertz CT molecular complexity index is 324. The van der Waals surface area contributed by atoms with Crippen molar-refractivity contribution in [3.8, 4) is 0 Å². The van der Waals surface area contributed by atoms with Crippen LogP contribution in [0.4, 0.5) is 4.79 Å². The predicted molar refractivity (Wildman–Crippen MR) is 56.0 cm³/mol. The van der Waals surface area contributed by atoms with Gasteiger partial charge in [-0.3, -0.25) is 0 Å². The molecule has 1 unspecified atom stereocenters. The Hall–Kier alpha value is -1.81. The Kier molecular flexibility index (Phi) is 4.37. The molecule has 0 aromatic heterocycles. The van der Waals surface area contributed by atoms with E-state index in [1.54, 1.807) is 18.2 Å². The number of carbonyl (C=O) groups excluding carboxylic acids is 1. The zero-order chi connectivity index (χ0) is 11.1. The van der Waals surface area contributed by atoms with Gasteiger partial charge in [-0.15, -0.1) is 6.58 Å². The second kappa shape index (κ2) is 5.82. The lowest BCUT2D eigenvalue weighted by Crippen LogP contribution is -2.19. The molecular weight excluding hydrogens is 194 g/mol. The minimum Gasteiger partial charge on any atom is -0.415 e. The fourth-order valence-electron chi connectivity index (χ4n) is 1.07. The van der Waals surface area contributed by atoms with Crippen LogP contribution in [0.1, 0.15) is 11.9 Å². The Morgan fingerprint density at radius 2 is 2.13 bits per heavy atom. The van der Waals surface area contributed by atoms with Gasteiger partial charge >= 0.3 is 6.09 Å². The Labute approximate surface area is 88.3 Å². The van der Waals surface area contributed by atoms with E-state index in [0.29, 0.717) is 0 Å². The molecule has 1 atom stereocenters. The minimum atomic E-state index is -0.868. The van der Waals surface area contributed by atoms with Crippen LogP contribution in [0.3, 0.4) is 0 Å². The van der Waals surface area contributed by atoms with Crippen molar-refractivity contribution in [2.24, 2.45) is 5.73 Å². The number of hydrogen-bond donors (Lipinski definition) is 1. The van der Waals surface area contributed by atoms with E-state index in [-0.39, 0.29) is 6.61 Å². The van der Waals surface area contributed by atoms with Gasteiger partial charge in [0.15, 0.2) is 0 Å². The van der Waals surface area contributed by atoms with Crippen LogP contribution in [0.25, 0.3) is 0 Å². The number of rotatable bonds is 5. The van der Waals surface area contributed by atoms with E-state index in [9.17, 15) is 4.79 Å². The summed E-state index contributed by atoms with van der Waals surface area (Å²) in [5.41, 5.74) is 5.67. The summed E-state index contributed by atoms with van der Waals surface area (Å²) in [4.78, 5) is 10.6. The smallest absolute Gasteiger partial charge is 0.407 e. The summed E-state index contributed by atoms with van der Waals surface area (Å²) in [7, 11) is 0. The standard InChI is InChI=1S/C11H13NO3/c1-2-8-14-10(15-11(12)13)9-6-4-3-5-7-9/h2-7,10H,1,8H2,(H2,12,13). The van der Waals surface area contributed by atoms with Crippen LogP contribution in [0.5, 0.6) is 0 Å². The molecule has 0 spiro atoms. The Balaban J connectivity index is 2.71. The van der Waals surface area contributed by atoms with Crippen LogP contribution < -0.4 is 5.73 Å². The summed E-state index contributed by atoms with van der Waals surface area (Å²) in [6.45, 7) is 3.79. The average Bonchev–Trinajstić information content (AvgIpc) is 2.25. The third-order valence-corrected chi connectivity index (χ3v) is 1.66. The molecule has 1 aromatic carbocycles. The highest BCUT2D eigenvalue weighted by Gasteiger charge is 2.14. The van der Waals surface area contributed by atoms with Crippen molar-refractivity contribution < 1.29 is 14.3 Å². The number of ether oxygens (including phenoxy) is 2. The van der Waals surface area contributed by atoms with Crippen LogP contribution in [-0.2, 0) is 9.47 Å². The van der Waals surface area contributed by atoms with Gasteiger partial charge in [0.05, 0.1) is 6.61 Å². The summed E-state index contributed by atoms with van der Waals surface area (Å²) in [5, 5.41) is 0. The average molecular weight is 207 g/mol.